The van der Waals surface area contributed by atoms with Gasteiger partial charge in [0.2, 0.25) is 0 Å². The molecule has 0 bridgehead atoms. The van der Waals surface area contributed by atoms with Crippen LogP contribution in [-0.4, -0.2) is 16.2 Å². The Balaban J connectivity index is 2.24. The molecule has 5 heteroatoms. The molecule has 0 amide bonds. The van der Waals surface area contributed by atoms with Gasteiger partial charge in [-0.3, -0.25) is 5.10 Å². The summed E-state index contributed by atoms with van der Waals surface area (Å²) < 4.78 is 26.4. The molecule has 96 valence electrons. The fourth-order valence-corrected chi connectivity index (χ4v) is 1.73. The van der Waals surface area contributed by atoms with Crippen LogP contribution in [0.4, 0.5) is 8.78 Å². The highest BCUT2D eigenvalue weighted by atomic mass is 19.1. The molecule has 2 rings (SSSR count). The minimum atomic E-state index is -0.618. The first-order valence-corrected chi connectivity index (χ1v) is 5.85. The largest absolute Gasteiger partial charge is 0.327 e. The van der Waals surface area contributed by atoms with Crippen LogP contribution in [0, 0.1) is 11.6 Å². The highest BCUT2D eigenvalue weighted by Crippen LogP contribution is 2.22. The lowest BCUT2D eigenvalue weighted by atomic mass is 10.1. The van der Waals surface area contributed by atoms with E-state index >= 15 is 0 Å². The Labute approximate surface area is 104 Å². The van der Waals surface area contributed by atoms with E-state index in [1.165, 1.54) is 12.1 Å². The molecular weight excluding hydrogens is 236 g/mol. The fraction of sp³-hybridized carbons (Fsp3) is 0.308. The average molecular weight is 251 g/mol. The molecule has 0 radical (unpaired) electrons. The summed E-state index contributed by atoms with van der Waals surface area (Å²) in [6.07, 6.45) is 1.52. The first kappa shape index (κ1) is 12.7. The van der Waals surface area contributed by atoms with Crippen molar-refractivity contribution in [2.24, 2.45) is 5.73 Å². The quantitative estimate of drug-likeness (QED) is 0.877. The number of hydrogen-bond donors (Lipinski definition) is 2. The van der Waals surface area contributed by atoms with Crippen LogP contribution < -0.4 is 5.73 Å². The number of rotatable bonds is 4. The zero-order valence-electron chi connectivity index (χ0n) is 10.1. The Morgan fingerprint density at radius 3 is 2.78 bits per heavy atom. The third kappa shape index (κ3) is 2.73. The molecule has 18 heavy (non-hydrogen) atoms. The van der Waals surface area contributed by atoms with Crippen molar-refractivity contribution in [2.45, 2.75) is 25.8 Å². The number of hydrogen-bond acceptors (Lipinski definition) is 2. The molecule has 2 aromatic rings. The van der Waals surface area contributed by atoms with Crippen molar-refractivity contribution in [3.8, 4) is 11.3 Å². The molecule has 1 aromatic heterocycles. The fourth-order valence-electron chi connectivity index (χ4n) is 1.73. The summed E-state index contributed by atoms with van der Waals surface area (Å²) in [5.41, 5.74) is 7.43. The van der Waals surface area contributed by atoms with Gasteiger partial charge in [0.05, 0.1) is 5.69 Å². The zero-order chi connectivity index (χ0) is 13.1. The number of H-pyrrole nitrogens is 1. The van der Waals surface area contributed by atoms with E-state index in [-0.39, 0.29) is 11.6 Å². The molecule has 0 saturated heterocycles. The maximum Gasteiger partial charge on any atom is 0.135 e. The van der Waals surface area contributed by atoms with E-state index in [4.69, 9.17) is 5.73 Å². The number of nitrogens with two attached hydrogens (primary N) is 1. The minimum absolute atomic E-state index is 0.0522. The van der Waals surface area contributed by atoms with E-state index in [1.54, 1.807) is 6.07 Å². The lowest BCUT2D eigenvalue weighted by Gasteiger charge is -2.04. The predicted molar refractivity (Wildman–Crippen MR) is 65.9 cm³/mol. The van der Waals surface area contributed by atoms with Crippen LogP contribution in [0.2, 0.25) is 0 Å². The Morgan fingerprint density at radius 2 is 2.11 bits per heavy atom. The molecule has 0 aliphatic heterocycles. The van der Waals surface area contributed by atoms with Gasteiger partial charge in [-0.2, -0.15) is 5.10 Å². The number of nitrogens with one attached hydrogen (secondary N) is 1. The predicted octanol–water partition coefficient (Wildman–Crippen LogP) is 2.63. The van der Waals surface area contributed by atoms with Crippen molar-refractivity contribution in [2.75, 3.05) is 0 Å². The Bertz CT molecular complexity index is 537. The number of aromatic nitrogens is 2. The maximum absolute atomic E-state index is 13.6. The molecule has 3 nitrogen and oxygen atoms in total. The summed E-state index contributed by atoms with van der Waals surface area (Å²) in [7, 11) is 0. The van der Waals surface area contributed by atoms with E-state index in [1.807, 2.05) is 6.92 Å². The zero-order valence-corrected chi connectivity index (χ0v) is 10.1. The third-order valence-corrected chi connectivity index (χ3v) is 2.84. The van der Waals surface area contributed by atoms with Gasteiger partial charge >= 0.3 is 0 Å². The molecule has 0 spiro atoms. The number of benzene rings is 1. The topological polar surface area (TPSA) is 54.7 Å². The molecule has 1 atom stereocenters. The van der Waals surface area contributed by atoms with Gasteiger partial charge < -0.3 is 5.73 Å². The van der Waals surface area contributed by atoms with Gasteiger partial charge in [0.25, 0.3) is 0 Å². The van der Waals surface area contributed by atoms with Crippen LogP contribution in [-0.2, 0) is 6.42 Å². The third-order valence-electron chi connectivity index (χ3n) is 2.84. The van der Waals surface area contributed by atoms with Crippen LogP contribution in [0.15, 0.2) is 24.3 Å². The van der Waals surface area contributed by atoms with E-state index in [0.29, 0.717) is 12.1 Å². The first-order valence-electron chi connectivity index (χ1n) is 5.85. The molecule has 0 saturated carbocycles. The van der Waals surface area contributed by atoms with Gasteiger partial charge in [-0.15, -0.1) is 0 Å². The Morgan fingerprint density at radius 1 is 1.33 bits per heavy atom. The SMILES string of the molecule is CCC(N)Cc1cc(-c2ccc(F)cc2F)n[nH]1. The maximum atomic E-state index is 13.6. The van der Waals surface area contributed by atoms with Gasteiger partial charge in [0.1, 0.15) is 11.6 Å². The van der Waals surface area contributed by atoms with Gasteiger partial charge in [-0.05, 0) is 24.6 Å². The highest BCUT2D eigenvalue weighted by molar-refractivity contribution is 5.60. The second-order valence-corrected chi connectivity index (χ2v) is 4.28. The number of aromatic amines is 1. The van der Waals surface area contributed by atoms with Crippen molar-refractivity contribution in [1.29, 1.82) is 0 Å². The molecule has 1 heterocycles. The minimum Gasteiger partial charge on any atom is -0.327 e. The van der Waals surface area contributed by atoms with Crippen LogP contribution in [0.3, 0.4) is 0 Å². The van der Waals surface area contributed by atoms with Crippen LogP contribution >= 0.6 is 0 Å². The van der Waals surface area contributed by atoms with Crippen molar-refractivity contribution < 1.29 is 8.78 Å². The second-order valence-electron chi connectivity index (χ2n) is 4.28. The molecule has 0 aliphatic rings. The van der Waals surface area contributed by atoms with E-state index in [2.05, 4.69) is 10.2 Å². The van der Waals surface area contributed by atoms with E-state index < -0.39 is 11.6 Å². The van der Waals surface area contributed by atoms with Crippen molar-refractivity contribution >= 4 is 0 Å². The summed E-state index contributed by atoms with van der Waals surface area (Å²) in [6, 6.07) is 5.23. The van der Waals surface area contributed by atoms with Crippen molar-refractivity contribution in [3.05, 3.63) is 41.6 Å². The molecular formula is C13H15F2N3. The monoisotopic (exact) mass is 251 g/mol. The summed E-state index contributed by atoms with van der Waals surface area (Å²) >= 11 is 0. The second kappa shape index (κ2) is 5.27. The lowest BCUT2D eigenvalue weighted by Crippen LogP contribution is -2.21. The highest BCUT2D eigenvalue weighted by Gasteiger charge is 2.11. The van der Waals surface area contributed by atoms with Gasteiger partial charge in [-0.25, -0.2) is 8.78 Å². The standard InChI is InChI=1S/C13H15F2N3/c1-2-9(16)6-10-7-13(18-17-10)11-4-3-8(14)5-12(11)15/h3-5,7,9H,2,6,16H2,1H3,(H,17,18). The Hall–Kier alpha value is -1.75. The van der Waals surface area contributed by atoms with Gasteiger partial charge in [-0.1, -0.05) is 6.92 Å². The molecule has 0 aliphatic carbocycles. The van der Waals surface area contributed by atoms with Crippen LogP contribution in [0.5, 0.6) is 0 Å². The molecule has 3 N–H and O–H groups in total. The molecule has 1 aromatic carbocycles. The summed E-state index contributed by atoms with van der Waals surface area (Å²) in [6.45, 7) is 2.00. The van der Waals surface area contributed by atoms with Crippen LogP contribution in [0.25, 0.3) is 11.3 Å². The van der Waals surface area contributed by atoms with Crippen molar-refractivity contribution in [1.82, 2.24) is 10.2 Å². The summed E-state index contributed by atoms with van der Waals surface area (Å²) in [5, 5.41) is 6.84. The van der Waals surface area contributed by atoms with Gasteiger partial charge in [0.15, 0.2) is 0 Å². The number of nitrogens with zero attached hydrogens (tertiary/aromatic N) is 1. The summed E-state index contributed by atoms with van der Waals surface area (Å²) in [5.74, 6) is -1.21. The van der Waals surface area contributed by atoms with Crippen molar-refractivity contribution in [3.63, 3.8) is 0 Å². The molecule has 0 fully saturated rings. The van der Waals surface area contributed by atoms with E-state index in [9.17, 15) is 8.78 Å². The number of halogens is 2. The average Bonchev–Trinajstić information content (AvgIpc) is 2.77. The lowest BCUT2D eigenvalue weighted by molar-refractivity contribution is 0.585. The molecule has 1 unspecified atom stereocenters. The van der Waals surface area contributed by atoms with E-state index in [0.717, 1.165) is 18.2 Å². The summed E-state index contributed by atoms with van der Waals surface area (Å²) in [4.78, 5) is 0. The van der Waals surface area contributed by atoms with Gasteiger partial charge in [0, 0.05) is 29.8 Å². The van der Waals surface area contributed by atoms with Crippen LogP contribution in [0.1, 0.15) is 19.0 Å². The first-order chi connectivity index (χ1) is 8.60. The Kier molecular flexibility index (Phi) is 3.72. The normalized spacial score (nSPS) is 12.7. The smallest absolute Gasteiger partial charge is 0.135 e.